The molecule has 8 heteroatoms. The monoisotopic (exact) mass is 468 g/mol. The fourth-order valence-corrected chi connectivity index (χ4v) is 3.96. The molecule has 0 unspecified atom stereocenters. The van der Waals surface area contributed by atoms with E-state index in [0.717, 1.165) is 75.1 Å². The summed E-state index contributed by atoms with van der Waals surface area (Å²) in [5.74, 6) is 0.0367. The zero-order valence-electron chi connectivity index (χ0n) is 20.3. The van der Waals surface area contributed by atoms with Crippen molar-refractivity contribution >= 4 is 16.6 Å². The predicted octanol–water partition coefficient (Wildman–Crippen LogP) is 3.46. The highest BCUT2D eigenvalue weighted by Crippen LogP contribution is 2.23. The number of rotatable bonds is 14. The van der Waals surface area contributed by atoms with E-state index in [1.807, 2.05) is 26.0 Å². The highest BCUT2D eigenvalue weighted by molar-refractivity contribution is 5.83. The minimum absolute atomic E-state index is 0.246. The molecule has 34 heavy (non-hydrogen) atoms. The molecule has 0 radical (unpaired) electrons. The Morgan fingerprint density at radius 3 is 2.21 bits per heavy atom. The number of anilines is 1. The molecule has 1 aromatic heterocycles. The Hall–Kier alpha value is -2.81. The van der Waals surface area contributed by atoms with Crippen LogP contribution in [0.3, 0.4) is 0 Å². The lowest BCUT2D eigenvalue weighted by Crippen LogP contribution is -2.22. The van der Waals surface area contributed by atoms with Gasteiger partial charge in [0.2, 0.25) is 0 Å². The van der Waals surface area contributed by atoms with Crippen LogP contribution in [0.5, 0.6) is 0 Å². The molecule has 2 aromatic carbocycles. The van der Waals surface area contributed by atoms with Gasteiger partial charge in [-0.25, -0.2) is 9.37 Å². The summed E-state index contributed by atoms with van der Waals surface area (Å²) in [6.07, 6.45) is 4.13. The number of nitrogens with two attached hydrogens (primary N) is 1. The minimum Gasteiger partial charge on any atom is -0.383 e. The van der Waals surface area contributed by atoms with E-state index >= 15 is 0 Å². The van der Waals surface area contributed by atoms with E-state index < -0.39 is 5.82 Å². The van der Waals surface area contributed by atoms with Gasteiger partial charge in [-0.3, -0.25) is 4.79 Å². The van der Waals surface area contributed by atoms with Gasteiger partial charge in [-0.1, -0.05) is 17.2 Å². The van der Waals surface area contributed by atoms with Gasteiger partial charge in [-0.05, 0) is 96.5 Å². The lowest BCUT2D eigenvalue weighted by molar-refractivity contribution is 0.571. The molecule has 0 atom stereocenters. The highest BCUT2D eigenvalue weighted by atomic mass is 19.1. The summed E-state index contributed by atoms with van der Waals surface area (Å²) >= 11 is 0. The van der Waals surface area contributed by atoms with Gasteiger partial charge in [0.25, 0.3) is 5.56 Å². The zero-order chi connectivity index (χ0) is 24.3. The van der Waals surface area contributed by atoms with Crippen LogP contribution in [0.1, 0.15) is 36.8 Å². The lowest BCUT2D eigenvalue weighted by atomic mass is 10.1. The molecule has 0 amide bonds. The largest absolute Gasteiger partial charge is 0.383 e. The number of halogens is 1. The molecule has 0 bridgehead atoms. The average Bonchev–Trinajstić information content (AvgIpc) is 2.80. The smallest absolute Gasteiger partial charge is 0.259 e. The van der Waals surface area contributed by atoms with Gasteiger partial charge >= 0.3 is 0 Å². The minimum atomic E-state index is -0.450. The predicted molar refractivity (Wildman–Crippen MR) is 139 cm³/mol. The second-order valence-electron chi connectivity index (χ2n) is 8.77. The van der Waals surface area contributed by atoms with E-state index in [0.29, 0.717) is 23.6 Å². The number of nitrogens with one attached hydrogen (secondary N) is 4. The Balaban J connectivity index is 1.52. The number of aromatic amines is 1. The number of H-pyrrole nitrogens is 1. The van der Waals surface area contributed by atoms with E-state index in [1.165, 1.54) is 6.07 Å². The molecule has 0 aliphatic rings. The first-order valence-electron chi connectivity index (χ1n) is 12.2. The Bertz CT molecular complexity index is 1110. The molecule has 7 nitrogen and oxygen atoms in total. The molecule has 184 valence electrons. The molecule has 3 aromatic rings. The Morgan fingerprint density at radius 1 is 0.882 bits per heavy atom. The third-order valence-electron chi connectivity index (χ3n) is 5.65. The topological polar surface area (TPSA) is 108 Å². The number of nitrogens with zero attached hydrogens (tertiary/aromatic N) is 1. The van der Waals surface area contributed by atoms with E-state index in [1.54, 1.807) is 6.07 Å². The van der Waals surface area contributed by atoms with Crippen LogP contribution in [-0.4, -0.2) is 49.2 Å². The third kappa shape index (κ3) is 7.62. The van der Waals surface area contributed by atoms with Crippen LogP contribution in [0.15, 0.2) is 35.1 Å². The maximum absolute atomic E-state index is 14.6. The Morgan fingerprint density at radius 2 is 1.53 bits per heavy atom. The van der Waals surface area contributed by atoms with Crippen LogP contribution < -0.4 is 27.2 Å². The van der Waals surface area contributed by atoms with Gasteiger partial charge in [0.1, 0.15) is 11.6 Å². The Kier molecular flexibility index (Phi) is 10.00. The number of hydrogen-bond acceptors (Lipinski definition) is 6. The van der Waals surface area contributed by atoms with Crippen molar-refractivity contribution in [2.24, 2.45) is 5.73 Å². The van der Waals surface area contributed by atoms with Crippen LogP contribution in [-0.2, 0) is 0 Å². The molecule has 0 aliphatic carbocycles. The van der Waals surface area contributed by atoms with Crippen LogP contribution in [0.4, 0.5) is 10.1 Å². The molecule has 1 heterocycles. The van der Waals surface area contributed by atoms with Crippen molar-refractivity contribution in [1.29, 1.82) is 0 Å². The van der Waals surface area contributed by atoms with Crippen molar-refractivity contribution in [2.45, 2.75) is 39.5 Å². The van der Waals surface area contributed by atoms with Crippen molar-refractivity contribution in [1.82, 2.24) is 20.6 Å². The quantitative estimate of drug-likeness (QED) is 0.232. The highest BCUT2D eigenvalue weighted by Gasteiger charge is 2.11. The second-order valence-corrected chi connectivity index (χ2v) is 8.77. The summed E-state index contributed by atoms with van der Waals surface area (Å²) in [7, 11) is 0. The van der Waals surface area contributed by atoms with Crippen LogP contribution >= 0.6 is 0 Å². The van der Waals surface area contributed by atoms with Crippen molar-refractivity contribution in [2.75, 3.05) is 44.6 Å². The van der Waals surface area contributed by atoms with Crippen molar-refractivity contribution < 1.29 is 4.39 Å². The van der Waals surface area contributed by atoms with Crippen molar-refractivity contribution in [3.8, 4) is 11.4 Å². The van der Waals surface area contributed by atoms with E-state index in [9.17, 15) is 9.18 Å². The van der Waals surface area contributed by atoms with Crippen LogP contribution in [0.2, 0.25) is 0 Å². The van der Waals surface area contributed by atoms with E-state index in [-0.39, 0.29) is 10.9 Å². The number of benzene rings is 2. The summed E-state index contributed by atoms with van der Waals surface area (Å²) in [5, 5.41) is 10.2. The van der Waals surface area contributed by atoms with Gasteiger partial charge in [0, 0.05) is 12.1 Å². The SMILES string of the molecule is Cc1cc(C)cc(-c2nc3cc(NCCCNCCCCNCCCN)c(F)cc3c(=O)[nH]2)c1. The molecule has 0 spiro atoms. The fraction of sp³-hybridized carbons (Fsp3) is 0.462. The van der Waals surface area contributed by atoms with Gasteiger partial charge in [0.05, 0.1) is 16.6 Å². The number of fused-ring (bicyclic) bond motifs is 1. The van der Waals surface area contributed by atoms with Gasteiger partial charge in [-0.15, -0.1) is 0 Å². The molecular weight excluding hydrogens is 431 g/mol. The summed E-state index contributed by atoms with van der Waals surface area (Å²) < 4.78 is 14.6. The molecule has 3 rings (SSSR count). The summed E-state index contributed by atoms with van der Waals surface area (Å²) in [5.41, 5.74) is 8.98. The number of hydrogen-bond donors (Lipinski definition) is 5. The summed E-state index contributed by atoms with van der Waals surface area (Å²) in [6, 6.07) is 8.90. The first-order chi connectivity index (χ1) is 16.5. The zero-order valence-corrected chi connectivity index (χ0v) is 20.3. The molecule has 0 fully saturated rings. The first-order valence-corrected chi connectivity index (χ1v) is 12.2. The van der Waals surface area contributed by atoms with Crippen molar-refractivity contribution in [3.05, 3.63) is 57.6 Å². The van der Waals surface area contributed by atoms with Crippen molar-refractivity contribution in [3.63, 3.8) is 0 Å². The number of aromatic nitrogens is 2. The average molecular weight is 469 g/mol. The fourth-order valence-electron chi connectivity index (χ4n) is 3.96. The van der Waals surface area contributed by atoms with E-state index in [4.69, 9.17) is 5.73 Å². The molecule has 0 saturated carbocycles. The Labute approximate surface area is 200 Å². The molecule has 0 saturated heterocycles. The molecule has 0 aliphatic heterocycles. The standard InChI is InChI=1S/C26H37FN6O/c1-18-13-19(2)15-20(14-18)25-32-23-17-24(22(27)16-21(23)26(34)33-25)31-12-6-11-30-9-4-3-8-29-10-5-7-28/h13-17,29-31H,3-12,28H2,1-2H3,(H,32,33,34). The summed E-state index contributed by atoms with van der Waals surface area (Å²) in [6.45, 7) is 9.20. The maximum Gasteiger partial charge on any atom is 0.259 e. The van der Waals surface area contributed by atoms with E-state index in [2.05, 4.69) is 32.0 Å². The molecule has 6 N–H and O–H groups in total. The number of unbranched alkanes of at least 4 members (excludes halogenated alkanes) is 1. The normalized spacial score (nSPS) is 11.3. The van der Waals surface area contributed by atoms with Gasteiger partial charge < -0.3 is 26.7 Å². The van der Waals surface area contributed by atoms with Crippen LogP contribution in [0.25, 0.3) is 22.3 Å². The number of aryl methyl sites for hydroxylation is 2. The molecular formula is C26H37FN6O. The first kappa shape index (κ1) is 25.8. The lowest BCUT2D eigenvalue weighted by Gasteiger charge is -2.11. The van der Waals surface area contributed by atoms with Gasteiger partial charge in [-0.2, -0.15) is 0 Å². The third-order valence-corrected chi connectivity index (χ3v) is 5.65. The summed E-state index contributed by atoms with van der Waals surface area (Å²) in [4.78, 5) is 20.0. The maximum atomic E-state index is 14.6. The van der Waals surface area contributed by atoms with Crippen LogP contribution in [0, 0.1) is 19.7 Å². The second kappa shape index (κ2) is 13.2. The van der Waals surface area contributed by atoms with Gasteiger partial charge in [0.15, 0.2) is 0 Å².